The van der Waals surface area contributed by atoms with Crippen LogP contribution in [-0.2, 0) is 4.74 Å². The third-order valence-electron chi connectivity index (χ3n) is 5.33. The van der Waals surface area contributed by atoms with Crippen molar-refractivity contribution in [2.24, 2.45) is 0 Å². The summed E-state index contributed by atoms with van der Waals surface area (Å²) in [5, 5.41) is 0.776. The molecule has 0 unspecified atom stereocenters. The van der Waals surface area contributed by atoms with Gasteiger partial charge in [-0.05, 0) is 57.4 Å². The maximum Gasteiger partial charge on any atom is 0.409 e. The molecule has 1 aromatic rings. The summed E-state index contributed by atoms with van der Waals surface area (Å²) >= 11 is 5.99. The van der Waals surface area contributed by atoms with Crippen molar-refractivity contribution in [3.05, 3.63) is 34.9 Å². The van der Waals surface area contributed by atoms with Gasteiger partial charge in [-0.3, -0.25) is 0 Å². The van der Waals surface area contributed by atoms with Gasteiger partial charge in [0, 0.05) is 30.2 Å². The Hall–Kier alpha value is -1.26. The van der Waals surface area contributed by atoms with E-state index < -0.39 is 0 Å². The van der Waals surface area contributed by atoms with Crippen LogP contribution in [0.2, 0.25) is 5.02 Å². The van der Waals surface area contributed by atoms with Crippen molar-refractivity contribution in [1.29, 1.82) is 0 Å². The number of rotatable bonds is 5. The highest BCUT2D eigenvalue weighted by Gasteiger charge is 2.29. The molecular formula is C19H29ClN2O2. The SMILES string of the molecule is CCOC(=O)N1CCC(N(C)[C@H](C)[C@H](C)c2ccc(Cl)cc2)CC1. The van der Waals surface area contributed by atoms with Gasteiger partial charge in [0.15, 0.2) is 0 Å². The van der Waals surface area contributed by atoms with Gasteiger partial charge in [0.2, 0.25) is 0 Å². The molecule has 1 amide bonds. The summed E-state index contributed by atoms with van der Waals surface area (Å²) in [5.41, 5.74) is 1.31. The Balaban J connectivity index is 1.90. The van der Waals surface area contributed by atoms with E-state index in [2.05, 4.69) is 37.9 Å². The van der Waals surface area contributed by atoms with Crippen LogP contribution < -0.4 is 0 Å². The number of likely N-dealkylation sites (tertiary alicyclic amines) is 1. The fourth-order valence-corrected chi connectivity index (χ4v) is 3.53. The molecule has 0 aromatic heterocycles. The van der Waals surface area contributed by atoms with Crippen LogP contribution in [0.15, 0.2) is 24.3 Å². The van der Waals surface area contributed by atoms with Gasteiger partial charge in [0.1, 0.15) is 0 Å². The highest BCUT2D eigenvalue weighted by molar-refractivity contribution is 6.30. The van der Waals surface area contributed by atoms with Crippen molar-refractivity contribution < 1.29 is 9.53 Å². The number of piperidine rings is 1. The van der Waals surface area contributed by atoms with Crippen LogP contribution >= 0.6 is 11.6 Å². The quantitative estimate of drug-likeness (QED) is 0.788. The van der Waals surface area contributed by atoms with E-state index in [4.69, 9.17) is 16.3 Å². The largest absolute Gasteiger partial charge is 0.450 e. The van der Waals surface area contributed by atoms with E-state index in [-0.39, 0.29) is 6.09 Å². The lowest BCUT2D eigenvalue weighted by Crippen LogP contribution is -2.49. The lowest BCUT2D eigenvalue weighted by atomic mass is 9.91. The Labute approximate surface area is 150 Å². The van der Waals surface area contributed by atoms with Crippen molar-refractivity contribution in [2.75, 3.05) is 26.7 Å². The summed E-state index contributed by atoms with van der Waals surface area (Å²) in [5.74, 6) is 0.426. The minimum Gasteiger partial charge on any atom is -0.450 e. The summed E-state index contributed by atoms with van der Waals surface area (Å²) in [7, 11) is 2.20. The Morgan fingerprint density at radius 3 is 2.42 bits per heavy atom. The molecule has 134 valence electrons. The predicted octanol–water partition coefficient (Wildman–Crippen LogP) is 4.38. The highest BCUT2D eigenvalue weighted by atomic mass is 35.5. The highest BCUT2D eigenvalue weighted by Crippen LogP contribution is 2.27. The first-order valence-electron chi connectivity index (χ1n) is 8.83. The Morgan fingerprint density at radius 1 is 1.29 bits per heavy atom. The van der Waals surface area contributed by atoms with Crippen LogP contribution in [0, 0.1) is 0 Å². The normalized spacial score (nSPS) is 18.5. The number of nitrogens with zero attached hydrogens (tertiary/aromatic N) is 2. The number of benzene rings is 1. The Kier molecular flexibility index (Phi) is 6.93. The van der Waals surface area contributed by atoms with Gasteiger partial charge in [0.05, 0.1) is 6.61 Å². The average Bonchev–Trinajstić information content (AvgIpc) is 2.61. The number of amides is 1. The summed E-state index contributed by atoms with van der Waals surface area (Å²) in [4.78, 5) is 16.1. The second-order valence-corrected chi connectivity index (χ2v) is 7.10. The van der Waals surface area contributed by atoms with E-state index in [0.717, 1.165) is 31.0 Å². The fraction of sp³-hybridized carbons (Fsp3) is 0.632. The van der Waals surface area contributed by atoms with Gasteiger partial charge in [-0.2, -0.15) is 0 Å². The topological polar surface area (TPSA) is 32.8 Å². The molecule has 1 fully saturated rings. The molecule has 0 N–H and O–H groups in total. The standard InChI is InChI=1S/C19H29ClN2O2/c1-5-24-19(23)22-12-10-18(11-13-22)21(4)15(3)14(2)16-6-8-17(20)9-7-16/h6-9,14-15,18H,5,10-13H2,1-4H3/t14-,15+/m0/s1. The molecule has 1 heterocycles. The summed E-state index contributed by atoms with van der Waals surface area (Å²) < 4.78 is 5.09. The van der Waals surface area contributed by atoms with Crippen molar-refractivity contribution in [1.82, 2.24) is 9.80 Å². The average molecular weight is 353 g/mol. The molecule has 5 heteroatoms. The lowest BCUT2D eigenvalue weighted by Gasteiger charge is -2.40. The van der Waals surface area contributed by atoms with E-state index in [0.29, 0.717) is 24.6 Å². The van der Waals surface area contributed by atoms with Crippen LogP contribution in [0.1, 0.15) is 45.1 Å². The molecule has 24 heavy (non-hydrogen) atoms. The van der Waals surface area contributed by atoms with E-state index in [1.807, 2.05) is 24.0 Å². The maximum absolute atomic E-state index is 11.8. The van der Waals surface area contributed by atoms with Crippen LogP contribution in [-0.4, -0.2) is 54.7 Å². The number of halogens is 1. The van der Waals surface area contributed by atoms with E-state index in [1.165, 1.54) is 5.56 Å². The molecule has 0 aliphatic carbocycles. The smallest absolute Gasteiger partial charge is 0.409 e. The number of likely N-dealkylation sites (N-methyl/N-ethyl adjacent to an activating group) is 1. The van der Waals surface area contributed by atoms with E-state index >= 15 is 0 Å². The summed E-state index contributed by atoms with van der Waals surface area (Å²) in [6.07, 6.45) is 1.81. The van der Waals surface area contributed by atoms with Crippen molar-refractivity contribution in [3.8, 4) is 0 Å². The lowest BCUT2D eigenvalue weighted by molar-refractivity contribution is 0.0690. The Morgan fingerprint density at radius 2 is 1.88 bits per heavy atom. The number of carbonyl (C=O) groups is 1. The molecule has 0 bridgehead atoms. The minimum atomic E-state index is -0.179. The third-order valence-corrected chi connectivity index (χ3v) is 5.58. The first-order chi connectivity index (χ1) is 11.4. The zero-order valence-corrected chi connectivity index (χ0v) is 15.9. The van der Waals surface area contributed by atoms with Crippen LogP contribution in [0.5, 0.6) is 0 Å². The fourth-order valence-electron chi connectivity index (χ4n) is 3.40. The monoisotopic (exact) mass is 352 g/mol. The second kappa shape index (κ2) is 8.72. The first kappa shape index (κ1) is 19.1. The molecule has 4 nitrogen and oxygen atoms in total. The van der Waals surface area contributed by atoms with Gasteiger partial charge < -0.3 is 14.5 Å². The molecule has 2 rings (SSSR count). The van der Waals surface area contributed by atoms with Gasteiger partial charge in [-0.25, -0.2) is 4.79 Å². The molecule has 0 radical (unpaired) electrons. The molecule has 2 atom stereocenters. The summed E-state index contributed by atoms with van der Waals surface area (Å²) in [6, 6.07) is 9.06. The third kappa shape index (κ3) is 4.64. The molecule has 0 spiro atoms. The number of hydrogen-bond acceptors (Lipinski definition) is 3. The number of ether oxygens (including phenoxy) is 1. The predicted molar refractivity (Wildman–Crippen MR) is 98.7 cm³/mol. The second-order valence-electron chi connectivity index (χ2n) is 6.66. The van der Waals surface area contributed by atoms with Gasteiger partial charge in [0.25, 0.3) is 0 Å². The Bertz CT molecular complexity index is 527. The first-order valence-corrected chi connectivity index (χ1v) is 9.21. The molecule has 0 saturated carbocycles. The number of hydrogen-bond donors (Lipinski definition) is 0. The molecule has 1 saturated heterocycles. The van der Waals surface area contributed by atoms with E-state index in [1.54, 1.807) is 0 Å². The van der Waals surface area contributed by atoms with E-state index in [9.17, 15) is 4.79 Å². The van der Waals surface area contributed by atoms with Crippen molar-refractivity contribution >= 4 is 17.7 Å². The van der Waals surface area contributed by atoms with Gasteiger partial charge in [-0.15, -0.1) is 0 Å². The summed E-state index contributed by atoms with van der Waals surface area (Å²) in [6.45, 7) is 8.37. The minimum absolute atomic E-state index is 0.179. The zero-order valence-electron chi connectivity index (χ0n) is 15.2. The van der Waals surface area contributed by atoms with Crippen LogP contribution in [0.4, 0.5) is 4.79 Å². The van der Waals surface area contributed by atoms with Gasteiger partial charge in [-0.1, -0.05) is 30.7 Å². The van der Waals surface area contributed by atoms with Crippen molar-refractivity contribution in [3.63, 3.8) is 0 Å². The van der Waals surface area contributed by atoms with Crippen molar-refractivity contribution in [2.45, 2.75) is 51.6 Å². The maximum atomic E-state index is 11.8. The van der Waals surface area contributed by atoms with Crippen LogP contribution in [0.25, 0.3) is 0 Å². The van der Waals surface area contributed by atoms with Crippen LogP contribution in [0.3, 0.4) is 0 Å². The molecule has 1 aliphatic rings. The van der Waals surface area contributed by atoms with Gasteiger partial charge >= 0.3 is 6.09 Å². The molecule has 1 aliphatic heterocycles. The number of carbonyl (C=O) groups excluding carboxylic acids is 1. The molecule has 1 aromatic carbocycles. The molecular weight excluding hydrogens is 324 g/mol. The zero-order chi connectivity index (χ0) is 17.7.